The lowest BCUT2D eigenvalue weighted by Crippen LogP contribution is -2.46. The van der Waals surface area contributed by atoms with Crippen molar-refractivity contribution in [2.45, 2.75) is 45.0 Å². The van der Waals surface area contributed by atoms with Crippen LogP contribution in [0.4, 0.5) is 4.79 Å². The summed E-state index contributed by atoms with van der Waals surface area (Å²) in [7, 11) is 1.71. The predicted octanol–water partition coefficient (Wildman–Crippen LogP) is 1.67. The van der Waals surface area contributed by atoms with Gasteiger partial charge in [-0.15, -0.1) is 0 Å². The lowest BCUT2D eigenvalue weighted by Gasteiger charge is -2.23. The SMILES string of the molecule is CC(O)CN(C)C(=O)NC1CC(C)N(Cc2ccccc2)C1. The fourth-order valence-electron chi connectivity index (χ4n) is 3.01. The van der Waals surface area contributed by atoms with Gasteiger partial charge in [-0.1, -0.05) is 30.3 Å². The van der Waals surface area contributed by atoms with Crippen molar-refractivity contribution in [3.8, 4) is 0 Å². The highest BCUT2D eigenvalue weighted by Crippen LogP contribution is 2.20. The number of hydrogen-bond donors (Lipinski definition) is 2. The van der Waals surface area contributed by atoms with Gasteiger partial charge in [0.25, 0.3) is 0 Å². The normalized spacial score (nSPS) is 23.3. The molecule has 1 aromatic carbocycles. The van der Waals surface area contributed by atoms with Gasteiger partial charge in [0.2, 0.25) is 0 Å². The van der Waals surface area contributed by atoms with Crippen LogP contribution in [0, 0.1) is 0 Å². The highest BCUT2D eigenvalue weighted by Gasteiger charge is 2.30. The molecule has 1 heterocycles. The van der Waals surface area contributed by atoms with Gasteiger partial charge in [0, 0.05) is 38.8 Å². The Morgan fingerprint density at radius 2 is 2.14 bits per heavy atom. The lowest BCUT2D eigenvalue weighted by atomic mass is 10.2. The molecule has 0 aromatic heterocycles. The first-order valence-electron chi connectivity index (χ1n) is 7.93. The van der Waals surface area contributed by atoms with Gasteiger partial charge in [-0.3, -0.25) is 4.90 Å². The van der Waals surface area contributed by atoms with Gasteiger partial charge in [0.05, 0.1) is 6.10 Å². The number of nitrogens with zero attached hydrogens (tertiary/aromatic N) is 2. The Morgan fingerprint density at radius 3 is 2.77 bits per heavy atom. The third-order valence-corrected chi connectivity index (χ3v) is 4.14. The second-order valence-electron chi connectivity index (χ2n) is 6.38. The van der Waals surface area contributed by atoms with E-state index in [9.17, 15) is 9.90 Å². The zero-order valence-corrected chi connectivity index (χ0v) is 13.7. The van der Waals surface area contributed by atoms with Crippen LogP contribution in [0.3, 0.4) is 0 Å². The fraction of sp³-hybridized carbons (Fsp3) is 0.588. The number of nitrogens with one attached hydrogen (secondary N) is 1. The summed E-state index contributed by atoms with van der Waals surface area (Å²) in [5.74, 6) is 0. The third kappa shape index (κ3) is 4.71. The summed E-state index contributed by atoms with van der Waals surface area (Å²) in [6.07, 6.45) is 0.453. The van der Waals surface area contributed by atoms with Crippen molar-refractivity contribution in [3.63, 3.8) is 0 Å². The minimum atomic E-state index is -0.507. The summed E-state index contributed by atoms with van der Waals surface area (Å²) in [5.41, 5.74) is 1.30. The van der Waals surface area contributed by atoms with E-state index in [-0.39, 0.29) is 12.1 Å². The van der Waals surface area contributed by atoms with Gasteiger partial charge in [0.1, 0.15) is 0 Å². The van der Waals surface area contributed by atoms with E-state index < -0.39 is 6.10 Å². The molecular formula is C17H27N3O2. The van der Waals surface area contributed by atoms with Crippen molar-refractivity contribution in [2.75, 3.05) is 20.1 Å². The van der Waals surface area contributed by atoms with Gasteiger partial charge in [-0.2, -0.15) is 0 Å². The quantitative estimate of drug-likeness (QED) is 0.870. The van der Waals surface area contributed by atoms with Crippen LogP contribution in [0.2, 0.25) is 0 Å². The molecule has 1 aliphatic heterocycles. The Labute approximate surface area is 132 Å². The number of benzene rings is 1. The number of carbonyl (C=O) groups is 1. The topological polar surface area (TPSA) is 55.8 Å². The molecule has 1 saturated heterocycles. The van der Waals surface area contributed by atoms with E-state index in [2.05, 4.69) is 41.4 Å². The zero-order valence-electron chi connectivity index (χ0n) is 13.7. The Balaban J connectivity index is 1.84. The first kappa shape index (κ1) is 16.8. The average Bonchev–Trinajstić information content (AvgIpc) is 2.79. The van der Waals surface area contributed by atoms with Crippen molar-refractivity contribution < 1.29 is 9.90 Å². The van der Waals surface area contributed by atoms with Crippen molar-refractivity contribution in [3.05, 3.63) is 35.9 Å². The van der Waals surface area contributed by atoms with Crippen LogP contribution in [-0.4, -0.2) is 59.3 Å². The van der Waals surface area contributed by atoms with E-state index in [0.29, 0.717) is 12.6 Å². The molecule has 0 radical (unpaired) electrons. The molecule has 22 heavy (non-hydrogen) atoms. The summed E-state index contributed by atoms with van der Waals surface area (Å²) < 4.78 is 0. The first-order chi connectivity index (χ1) is 10.5. The largest absolute Gasteiger partial charge is 0.392 e. The summed E-state index contributed by atoms with van der Waals surface area (Å²) in [6.45, 7) is 6.02. The minimum Gasteiger partial charge on any atom is -0.392 e. The number of aliphatic hydroxyl groups is 1. The Kier molecular flexibility index (Phi) is 5.80. The second kappa shape index (κ2) is 7.61. The molecule has 5 nitrogen and oxygen atoms in total. The highest BCUT2D eigenvalue weighted by molar-refractivity contribution is 5.74. The van der Waals surface area contributed by atoms with E-state index in [1.54, 1.807) is 14.0 Å². The first-order valence-corrected chi connectivity index (χ1v) is 7.93. The summed E-state index contributed by atoms with van der Waals surface area (Å²) in [4.78, 5) is 16.0. The van der Waals surface area contributed by atoms with Gasteiger partial charge in [-0.05, 0) is 25.8 Å². The van der Waals surface area contributed by atoms with Crippen LogP contribution >= 0.6 is 0 Å². The number of aliphatic hydroxyl groups excluding tert-OH is 1. The number of carbonyl (C=O) groups excluding carboxylic acids is 1. The van der Waals surface area contributed by atoms with E-state index in [0.717, 1.165) is 19.5 Å². The van der Waals surface area contributed by atoms with Gasteiger partial charge >= 0.3 is 6.03 Å². The minimum absolute atomic E-state index is 0.111. The number of rotatable bonds is 5. The lowest BCUT2D eigenvalue weighted by molar-refractivity contribution is 0.142. The molecule has 1 aliphatic rings. The Hall–Kier alpha value is -1.59. The molecule has 5 heteroatoms. The number of hydrogen-bond acceptors (Lipinski definition) is 3. The van der Waals surface area contributed by atoms with E-state index in [1.165, 1.54) is 10.5 Å². The Bertz CT molecular complexity index is 478. The van der Waals surface area contributed by atoms with Gasteiger partial charge < -0.3 is 15.3 Å². The van der Waals surface area contributed by atoms with E-state index in [1.807, 2.05) is 6.07 Å². The number of likely N-dealkylation sites (tertiary alicyclic amines) is 1. The molecule has 0 bridgehead atoms. The molecule has 2 rings (SSSR count). The van der Waals surface area contributed by atoms with Gasteiger partial charge in [0.15, 0.2) is 0 Å². The van der Waals surface area contributed by atoms with Crippen LogP contribution in [0.25, 0.3) is 0 Å². The molecule has 122 valence electrons. The van der Waals surface area contributed by atoms with Crippen molar-refractivity contribution >= 4 is 6.03 Å². The summed E-state index contributed by atoms with van der Waals surface area (Å²) in [6, 6.07) is 10.9. The van der Waals surface area contributed by atoms with Crippen LogP contribution in [-0.2, 0) is 6.54 Å². The molecule has 3 atom stereocenters. The zero-order chi connectivity index (χ0) is 16.1. The molecule has 3 unspecified atom stereocenters. The summed E-state index contributed by atoms with van der Waals surface area (Å²) in [5, 5.41) is 12.4. The maximum atomic E-state index is 12.1. The highest BCUT2D eigenvalue weighted by atomic mass is 16.3. The molecule has 2 amide bonds. The fourth-order valence-corrected chi connectivity index (χ4v) is 3.01. The third-order valence-electron chi connectivity index (χ3n) is 4.14. The molecular weight excluding hydrogens is 278 g/mol. The van der Waals surface area contributed by atoms with Crippen molar-refractivity contribution in [1.29, 1.82) is 0 Å². The molecule has 1 fully saturated rings. The number of likely N-dealkylation sites (N-methyl/N-ethyl adjacent to an activating group) is 1. The average molecular weight is 305 g/mol. The standard InChI is InChI=1S/C17H27N3O2/c1-13-9-16(18-17(22)19(3)10-14(2)21)12-20(13)11-15-7-5-4-6-8-15/h4-8,13-14,16,21H,9-12H2,1-3H3,(H,18,22). The number of urea groups is 1. The van der Waals surface area contributed by atoms with E-state index in [4.69, 9.17) is 0 Å². The van der Waals surface area contributed by atoms with Crippen molar-refractivity contribution in [2.24, 2.45) is 0 Å². The molecule has 2 N–H and O–H groups in total. The number of amides is 2. The van der Waals surface area contributed by atoms with Crippen LogP contribution in [0.1, 0.15) is 25.8 Å². The maximum absolute atomic E-state index is 12.1. The monoisotopic (exact) mass is 305 g/mol. The Morgan fingerprint density at radius 1 is 1.45 bits per heavy atom. The van der Waals surface area contributed by atoms with Crippen LogP contribution in [0.15, 0.2) is 30.3 Å². The summed E-state index contributed by atoms with van der Waals surface area (Å²) >= 11 is 0. The van der Waals surface area contributed by atoms with Crippen LogP contribution < -0.4 is 5.32 Å². The molecule has 0 saturated carbocycles. The predicted molar refractivity (Wildman–Crippen MR) is 87.6 cm³/mol. The van der Waals surface area contributed by atoms with Crippen molar-refractivity contribution in [1.82, 2.24) is 15.1 Å². The van der Waals surface area contributed by atoms with Crippen LogP contribution in [0.5, 0.6) is 0 Å². The van der Waals surface area contributed by atoms with E-state index >= 15 is 0 Å². The maximum Gasteiger partial charge on any atom is 0.317 e. The smallest absolute Gasteiger partial charge is 0.317 e. The molecule has 1 aromatic rings. The molecule has 0 aliphatic carbocycles. The van der Waals surface area contributed by atoms with Gasteiger partial charge in [-0.25, -0.2) is 4.79 Å². The second-order valence-corrected chi connectivity index (χ2v) is 6.38. The molecule has 0 spiro atoms.